The van der Waals surface area contributed by atoms with E-state index in [1.54, 1.807) is 0 Å². The van der Waals surface area contributed by atoms with Crippen molar-refractivity contribution in [1.29, 1.82) is 0 Å². The fourth-order valence-corrected chi connectivity index (χ4v) is 4.88. The van der Waals surface area contributed by atoms with E-state index in [9.17, 15) is 4.79 Å². The van der Waals surface area contributed by atoms with E-state index in [2.05, 4.69) is 4.90 Å². The van der Waals surface area contributed by atoms with Crippen LogP contribution in [-0.4, -0.2) is 23.4 Å². The Hall–Kier alpha value is -0.530. The molecule has 3 aliphatic rings. The first-order valence-corrected chi connectivity index (χ1v) is 9.14. The van der Waals surface area contributed by atoms with Crippen molar-refractivity contribution in [2.75, 3.05) is 6.54 Å². The van der Waals surface area contributed by atoms with Crippen molar-refractivity contribution in [1.82, 2.24) is 4.90 Å². The molecule has 0 aromatic rings. The van der Waals surface area contributed by atoms with E-state index < -0.39 is 0 Å². The van der Waals surface area contributed by atoms with Crippen LogP contribution in [0.5, 0.6) is 0 Å². The molecule has 0 aromatic carbocycles. The van der Waals surface area contributed by atoms with Crippen LogP contribution in [0.2, 0.25) is 0 Å². The summed E-state index contributed by atoms with van der Waals surface area (Å²) in [5.41, 5.74) is 0. The maximum Gasteiger partial charge on any atom is 0.222 e. The number of amides is 1. The third kappa shape index (κ3) is 3.38. The van der Waals surface area contributed by atoms with Crippen LogP contribution < -0.4 is 0 Å². The molecule has 1 atom stereocenters. The third-order valence-electron chi connectivity index (χ3n) is 6.05. The Morgan fingerprint density at radius 2 is 1.55 bits per heavy atom. The largest absolute Gasteiger partial charge is 0.339 e. The zero-order valence-corrected chi connectivity index (χ0v) is 13.0. The van der Waals surface area contributed by atoms with E-state index in [1.165, 1.54) is 70.6 Å². The van der Waals surface area contributed by atoms with Crippen molar-refractivity contribution in [3.05, 3.63) is 0 Å². The van der Waals surface area contributed by atoms with Gasteiger partial charge in [0.1, 0.15) is 0 Å². The number of likely N-dealkylation sites (tertiary alicyclic amines) is 1. The molecule has 20 heavy (non-hydrogen) atoms. The molecular formula is C18H31NO. The summed E-state index contributed by atoms with van der Waals surface area (Å²) in [7, 11) is 0. The van der Waals surface area contributed by atoms with Gasteiger partial charge < -0.3 is 4.90 Å². The predicted molar refractivity (Wildman–Crippen MR) is 82.5 cm³/mol. The molecule has 2 aliphatic carbocycles. The lowest BCUT2D eigenvalue weighted by Crippen LogP contribution is -2.39. The first-order chi connectivity index (χ1) is 9.84. The van der Waals surface area contributed by atoms with Gasteiger partial charge in [-0.2, -0.15) is 0 Å². The maximum absolute atomic E-state index is 12.6. The third-order valence-corrected chi connectivity index (χ3v) is 6.05. The molecule has 3 rings (SSSR count). The second-order valence-corrected chi connectivity index (χ2v) is 7.38. The summed E-state index contributed by atoms with van der Waals surface area (Å²) < 4.78 is 0. The van der Waals surface area contributed by atoms with E-state index in [-0.39, 0.29) is 0 Å². The molecule has 0 unspecified atom stereocenters. The van der Waals surface area contributed by atoms with Gasteiger partial charge in [-0.3, -0.25) is 4.79 Å². The quantitative estimate of drug-likeness (QED) is 0.739. The zero-order chi connectivity index (χ0) is 13.8. The second-order valence-electron chi connectivity index (χ2n) is 7.38. The maximum atomic E-state index is 12.6. The van der Waals surface area contributed by atoms with Gasteiger partial charge in [-0.05, 0) is 43.9 Å². The van der Waals surface area contributed by atoms with Crippen LogP contribution in [0, 0.1) is 11.8 Å². The molecule has 1 aliphatic heterocycles. The van der Waals surface area contributed by atoms with Crippen molar-refractivity contribution >= 4 is 5.91 Å². The molecule has 0 aromatic heterocycles. The summed E-state index contributed by atoms with van der Waals surface area (Å²) in [6.45, 7) is 1.05. The fourth-order valence-electron chi connectivity index (χ4n) is 4.88. The molecule has 0 N–H and O–H groups in total. The first-order valence-electron chi connectivity index (χ1n) is 9.14. The highest BCUT2D eigenvalue weighted by molar-refractivity contribution is 5.76. The van der Waals surface area contributed by atoms with E-state index in [0.717, 1.165) is 31.2 Å². The van der Waals surface area contributed by atoms with Crippen LogP contribution in [0.15, 0.2) is 0 Å². The summed E-state index contributed by atoms with van der Waals surface area (Å²) >= 11 is 0. The Labute approximate surface area is 124 Å². The number of rotatable bonds is 4. The Morgan fingerprint density at radius 3 is 2.30 bits per heavy atom. The first kappa shape index (κ1) is 14.4. The van der Waals surface area contributed by atoms with Gasteiger partial charge in [-0.15, -0.1) is 0 Å². The van der Waals surface area contributed by atoms with E-state index in [1.807, 2.05) is 0 Å². The average Bonchev–Trinajstić information content (AvgIpc) is 3.15. The fraction of sp³-hybridized carbons (Fsp3) is 0.944. The van der Waals surface area contributed by atoms with Crippen molar-refractivity contribution in [2.45, 2.75) is 89.5 Å². The molecule has 0 bridgehead atoms. The number of nitrogens with zero attached hydrogens (tertiary/aromatic N) is 1. The summed E-state index contributed by atoms with van der Waals surface area (Å²) in [6.07, 6.45) is 17.0. The average molecular weight is 277 g/mol. The normalized spacial score (nSPS) is 29.2. The van der Waals surface area contributed by atoms with Gasteiger partial charge >= 0.3 is 0 Å². The number of hydrogen-bond donors (Lipinski definition) is 0. The molecule has 2 nitrogen and oxygen atoms in total. The van der Waals surface area contributed by atoms with Crippen LogP contribution in [0.1, 0.15) is 83.5 Å². The number of carbonyl (C=O) groups excluding carboxylic acids is 1. The molecular weight excluding hydrogens is 246 g/mol. The summed E-state index contributed by atoms with van der Waals surface area (Å²) in [6, 6.07) is 0.608. The van der Waals surface area contributed by atoms with Gasteiger partial charge in [-0.25, -0.2) is 0 Å². The second kappa shape index (κ2) is 6.95. The SMILES string of the molecule is O=C(CCC1CCCCC1)N1CCC[C@H]1C1CCCC1. The van der Waals surface area contributed by atoms with Crippen LogP contribution in [0.4, 0.5) is 0 Å². The van der Waals surface area contributed by atoms with Gasteiger partial charge in [0.25, 0.3) is 0 Å². The van der Waals surface area contributed by atoms with Crippen LogP contribution in [0.25, 0.3) is 0 Å². The van der Waals surface area contributed by atoms with Gasteiger partial charge in [0, 0.05) is 19.0 Å². The molecule has 2 heteroatoms. The highest BCUT2D eigenvalue weighted by Gasteiger charge is 2.35. The van der Waals surface area contributed by atoms with Gasteiger partial charge in [-0.1, -0.05) is 44.9 Å². The van der Waals surface area contributed by atoms with Crippen LogP contribution >= 0.6 is 0 Å². The Bertz CT molecular complexity index is 315. The van der Waals surface area contributed by atoms with Crippen molar-refractivity contribution < 1.29 is 4.79 Å². The Balaban J connectivity index is 1.47. The predicted octanol–water partition coefficient (Wildman–Crippen LogP) is 4.53. The number of carbonyl (C=O) groups is 1. The molecule has 1 heterocycles. The minimum atomic E-state index is 0.477. The molecule has 0 spiro atoms. The molecule has 2 saturated carbocycles. The Kier molecular flexibility index (Phi) is 5.01. The highest BCUT2D eigenvalue weighted by Crippen LogP contribution is 2.36. The van der Waals surface area contributed by atoms with Crippen LogP contribution in [0.3, 0.4) is 0 Å². The van der Waals surface area contributed by atoms with E-state index >= 15 is 0 Å². The topological polar surface area (TPSA) is 20.3 Å². The van der Waals surface area contributed by atoms with Gasteiger partial charge in [0.05, 0.1) is 0 Å². The van der Waals surface area contributed by atoms with Crippen LogP contribution in [-0.2, 0) is 4.79 Å². The number of hydrogen-bond acceptors (Lipinski definition) is 1. The lowest BCUT2D eigenvalue weighted by molar-refractivity contribution is -0.133. The highest BCUT2D eigenvalue weighted by atomic mass is 16.2. The standard InChI is InChI=1S/C18H31NO/c20-18(13-12-15-7-2-1-3-8-15)19-14-6-11-17(19)16-9-4-5-10-16/h15-17H,1-14H2/t17-/m0/s1. The Morgan fingerprint density at radius 1 is 0.850 bits per heavy atom. The smallest absolute Gasteiger partial charge is 0.222 e. The van der Waals surface area contributed by atoms with E-state index in [4.69, 9.17) is 0 Å². The monoisotopic (exact) mass is 277 g/mol. The molecule has 1 saturated heterocycles. The lowest BCUT2D eigenvalue weighted by Gasteiger charge is -2.30. The summed E-state index contributed by atoms with van der Waals surface area (Å²) in [5, 5.41) is 0. The molecule has 3 fully saturated rings. The molecule has 1 amide bonds. The van der Waals surface area contributed by atoms with E-state index in [0.29, 0.717) is 11.9 Å². The van der Waals surface area contributed by atoms with Crippen molar-refractivity contribution in [2.24, 2.45) is 11.8 Å². The molecule has 114 valence electrons. The summed E-state index contributed by atoms with van der Waals surface area (Å²) in [4.78, 5) is 14.9. The minimum Gasteiger partial charge on any atom is -0.339 e. The molecule has 0 radical (unpaired) electrons. The van der Waals surface area contributed by atoms with Gasteiger partial charge in [0.15, 0.2) is 0 Å². The minimum absolute atomic E-state index is 0.477. The zero-order valence-electron chi connectivity index (χ0n) is 13.0. The van der Waals surface area contributed by atoms with Crippen molar-refractivity contribution in [3.8, 4) is 0 Å². The lowest BCUT2D eigenvalue weighted by atomic mass is 9.86. The van der Waals surface area contributed by atoms with Gasteiger partial charge in [0.2, 0.25) is 5.91 Å². The summed E-state index contributed by atoms with van der Waals surface area (Å²) in [5.74, 6) is 2.15. The van der Waals surface area contributed by atoms with Crippen molar-refractivity contribution in [3.63, 3.8) is 0 Å².